The van der Waals surface area contributed by atoms with Crippen molar-refractivity contribution in [3.05, 3.63) is 63.2 Å². The van der Waals surface area contributed by atoms with Gasteiger partial charge in [0.2, 0.25) is 10.0 Å². The first-order chi connectivity index (χ1) is 14.6. The SMILES string of the molecule is CS(=O)(=O)c1cc(=O)c(-c2cc(-c3c[nH]c(S(C)(=O)=O)cc3=O)cc(S(N)(=O)=O)c2)c[nH]1. The Kier molecular flexibility index (Phi) is 5.76. The third-order valence-corrected chi connectivity index (χ3v) is 7.39. The van der Waals surface area contributed by atoms with Crippen LogP contribution in [0.2, 0.25) is 0 Å². The second-order valence-electron chi connectivity index (χ2n) is 6.99. The number of sulfone groups is 2. The smallest absolute Gasteiger partial charge is 0.238 e. The molecule has 0 radical (unpaired) electrons. The molecule has 0 atom stereocenters. The lowest BCUT2D eigenvalue weighted by Gasteiger charge is -2.10. The Morgan fingerprint density at radius 1 is 0.656 bits per heavy atom. The summed E-state index contributed by atoms with van der Waals surface area (Å²) in [5.41, 5.74) is -1.51. The molecule has 170 valence electrons. The van der Waals surface area contributed by atoms with Gasteiger partial charge in [-0.1, -0.05) is 0 Å². The first-order valence-corrected chi connectivity index (χ1v) is 13.9. The molecule has 2 aromatic heterocycles. The van der Waals surface area contributed by atoms with Gasteiger partial charge in [0.1, 0.15) is 10.1 Å². The van der Waals surface area contributed by atoms with Crippen LogP contribution in [-0.2, 0) is 29.7 Å². The molecule has 2 heterocycles. The van der Waals surface area contributed by atoms with Crippen molar-refractivity contribution in [1.29, 1.82) is 0 Å². The number of pyridine rings is 2. The zero-order chi connectivity index (χ0) is 24.1. The molecule has 0 saturated carbocycles. The normalized spacial score (nSPS) is 12.6. The number of rotatable bonds is 5. The van der Waals surface area contributed by atoms with E-state index < -0.39 is 45.5 Å². The number of H-pyrrole nitrogens is 2. The number of benzene rings is 1. The number of primary sulfonamides is 1. The van der Waals surface area contributed by atoms with Crippen molar-refractivity contribution in [2.75, 3.05) is 12.5 Å². The molecule has 0 spiro atoms. The maximum atomic E-state index is 12.5. The quantitative estimate of drug-likeness (QED) is 0.431. The summed E-state index contributed by atoms with van der Waals surface area (Å²) in [6, 6.07) is 5.22. The summed E-state index contributed by atoms with van der Waals surface area (Å²) in [7, 11) is -11.7. The third-order valence-electron chi connectivity index (χ3n) is 4.43. The van der Waals surface area contributed by atoms with E-state index in [1.165, 1.54) is 6.07 Å². The highest BCUT2D eigenvalue weighted by Crippen LogP contribution is 2.27. The van der Waals surface area contributed by atoms with E-state index in [1.54, 1.807) is 0 Å². The summed E-state index contributed by atoms with van der Waals surface area (Å²) in [6.07, 6.45) is 4.01. The molecule has 3 rings (SSSR count). The van der Waals surface area contributed by atoms with Gasteiger partial charge in [0.25, 0.3) is 0 Å². The average Bonchev–Trinajstić information content (AvgIpc) is 2.65. The van der Waals surface area contributed by atoms with Crippen LogP contribution < -0.4 is 16.0 Å². The van der Waals surface area contributed by atoms with Crippen LogP contribution in [0.25, 0.3) is 22.3 Å². The molecule has 32 heavy (non-hydrogen) atoms. The minimum atomic E-state index is -4.27. The van der Waals surface area contributed by atoms with Crippen molar-refractivity contribution in [3.63, 3.8) is 0 Å². The van der Waals surface area contributed by atoms with E-state index in [-0.39, 0.29) is 32.3 Å². The number of nitrogens with one attached hydrogen (secondary N) is 2. The first kappa shape index (κ1) is 23.6. The fourth-order valence-electron chi connectivity index (χ4n) is 2.86. The van der Waals surface area contributed by atoms with Crippen LogP contribution in [0.1, 0.15) is 0 Å². The zero-order valence-corrected chi connectivity index (χ0v) is 19.1. The van der Waals surface area contributed by atoms with E-state index in [4.69, 9.17) is 5.14 Å². The van der Waals surface area contributed by atoms with Gasteiger partial charge < -0.3 is 9.97 Å². The molecule has 0 unspecified atom stereocenters. The van der Waals surface area contributed by atoms with Crippen LogP contribution in [0.4, 0.5) is 0 Å². The number of aromatic nitrogens is 2. The Labute approximate surface area is 182 Å². The van der Waals surface area contributed by atoms with E-state index in [0.29, 0.717) is 0 Å². The highest BCUT2D eigenvalue weighted by atomic mass is 32.2. The molecule has 0 aliphatic heterocycles. The second-order valence-corrected chi connectivity index (χ2v) is 12.5. The van der Waals surface area contributed by atoms with Crippen LogP contribution in [0.5, 0.6) is 0 Å². The molecule has 0 fully saturated rings. The van der Waals surface area contributed by atoms with Crippen molar-refractivity contribution >= 4 is 29.7 Å². The lowest BCUT2D eigenvalue weighted by Crippen LogP contribution is -2.15. The summed E-state index contributed by atoms with van der Waals surface area (Å²) in [5, 5.41) is 4.57. The van der Waals surface area contributed by atoms with E-state index >= 15 is 0 Å². The van der Waals surface area contributed by atoms with Gasteiger partial charge >= 0.3 is 0 Å². The highest BCUT2D eigenvalue weighted by molar-refractivity contribution is 7.91. The molecular weight excluding hydrogens is 482 g/mol. The van der Waals surface area contributed by atoms with Gasteiger partial charge in [-0.2, -0.15) is 0 Å². The molecule has 0 amide bonds. The maximum absolute atomic E-state index is 12.5. The topological polar surface area (TPSA) is 194 Å². The summed E-state index contributed by atoms with van der Waals surface area (Å²) >= 11 is 0. The highest BCUT2D eigenvalue weighted by Gasteiger charge is 2.18. The second kappa shape index (κ2) is 7.81. The zero-order valence-electron chi connectivity index (χ0n) is 16.6. The minimum Gasteiger partial charge on any atom is -0.352 e. The summed E-state index contributed by atoms with van der Waals surface area (Å²) in [6.45, 7) is 0. The molecule has 4 N–H and O–H groups in total. The van der Waals surface area contributed by atoms with Crippen LogP contribution in [0.3, 0.4) is 0 Å². The summed E-state index contributed by atoms with van der Waals surface area (Å²) in [5.74, 6) is 0. The predicted octanol–water partition coefficient (Wildman–Crippen LogP) is -0.148. The van der Waals surface area contributed by atoms with Crippen LogP contribution in [0, 0.1) is 0 Å². The minimum absolute atomic E-state index is 0.0411. The fraction of sp³-hybridized carbons (Fsp3) is 0.111. The molecule has 3 aromatic rings. The maximum Gasteiger partial charge on any atom is 0.238 e. The monoisotopic (exact) mass is 499 g/mol. The standard InChI is InChI=1S/C18H17N3O8S3/c1-30(24,25)17-6-15(22)13(8-20-17)10-3-11(5-12(4-10)32(19,28)29)14-9-21-18(7-16(14)23)31(2,26)27/h3-9H,1-2H3,(H,20,22)(H,21,23)(H2,19,28,29). The number of hydrogen-bond acceptors (Lipinski definition) is 8. The number of nitrogens with two attached hydrogens (primary N) is 1. The van der Waals surface area contributed by atoms with Crippen molar-refractivity contribution in [3.8, 4) is 22.3 Å². The molecule has 14 heteroatoms. The van der Waals surface area contributed by atoms with Gasteiger partial charge in [0.05, 0.1) is 4.90 Å². The van der Waals surface area contributed by atoms with Crippen LogP contribution in [0.15, 0.2) is 67.3 Å². The van der Waals surface area contributed by atoms with Crippen LogP contribution in [-0.4, -0.2) is 47.7 Å². The van der Waals surface area contributed by atoms with Crippen molar-refractivity contribution < 1.29 is 25.3 Å². The number of hydrogen-bond donors (Lipinski definition) is 3. The average molecular weight is 500 g/mol. The van der Waals surface area contributed by atoms with E-state index in [0.717, 1.165) is 49.2 Å². The van der Waals surface area contributed by atoms with Gasteiger partial charge in [0.15, 0.2) is 30.5 Å². The van der Waals surface area contributed by atoms with Crippen molar-refractivity contribution in [2.45, 2.75) is 14.9 Å². The van der Waals surface area contributed by atoms with Crippen molar-refractivity contribution in [1.82, 2.24) is 9.97 Å². The van der Waals surface area contributed by atoms with Crippen molar-refractivity contribution in [2.24, 2.45) is 5.14 Å². The molecule has 0 saturated heterocycles. The third kappa shape index (κ3) is 4.88. The predicted molar refractivity (Wildman–Crippen MR) is 116 cm³/mol. The molecule has 11 nitrogen and oxygen atoms in total. The summed E-state index contributed by atoms with van der Waals surface area (Å²) < 4.78 is 70.6. The Morgan fingerprint density at radius 3 is 1.31 bits per heavy atom. The largest absolute Gasteiger partial charge is 0.352 e. The molecule has 0 bridgehead atoms. The molecule has 1 aromatic carbocycles. The Hall–Kier alpha value is -3.07. The Balaban J connectivity index is 2.29. The molecular formula is C18H17N3O8S3. The first-order valence-electron chi connectivity index (χ1n) is 8.61. The van der Waals surface area contributed by atoms with Gasteiger partial charge in [0, 0.05) is 48.2 Å². The summed E-state index contributed by atoms with van der Waals surface area (Å²) in [4.78, 5) is 29.6. The van der Waals surface area contributed by atoms with E-state index in [9.17, 15) is 34.8 Å². The lowest BCUT2D eigenvalue weighted by atomic mass is 10.0. The Bertz CT molecular complexity index is 1580. The number of aromatic amines is 2. The number of sulfonamides is 1. The van der Waals surface area contributed by atoms with Gasteiger partial charge in [-0.25, -0.2) is 30.4 Å². The van der Waals surface area contributed by atoms with Crippen LogP contribution >= 0.6 is 0 Å². The molecule has 0 aliphatic rings. The molecule has 0 aliphatic carbocycles. The fourth-order valence-corrected chi connectivity index (χ4v) is 4.63. The van der Waals surface area contributed by atoms with E-state index in [2.05, 4.69) is 9.97 Å². The Morgan fingerprint density at radius 2 is 1.03 bits per heavy atom. The van der Waals surface area contributed by atoms with E-state index in [1.807, 2.05) is 0 Å². The van der Waals surface area contributed by atoms with Gasteiger partial charge in [-0.3, -0.25) is 9.59 Å². The van der Waals surface area contributed by atoms with Gasteiger partial charge in [-0.15, -0.1) is 0 Å². The lowest BCUT2D eigenvalue weighted by molar-refractivity contribution is 0.596. The van der Waals surface area contributed by atoms with Gasteiger partial charge in [-0.05, 0) is 29.3 Å².